The van der Waals surface area contributed by atoms with Crippen molar-refractivity contribution in [3.05, 3.63) is 87.1 Å². The molecule has 31 heavy (non-hydrogen) atoms. The van der Waals surface area contributed by atoms with E-state index in [-0.39, 0.29) is 35.8 Å². The van der Waals surface area contributed by atoms with Crippen LogP contribution in [0.5, 0.6) is 0 Å². The maximum absolute atomic E-state index is 13.2. The van der Waals surface area contributed by atoms with Gasteiger partial charge in [0.05, 0.1) is 21.8 Å². The van der Waals surface area contributed by atoms with Gasteiger partial charge in [0.15, 0.2) is 5.17 Å². The molecule has 0 unspecified atom stereocenters. The van der Waals surface area contributed by atoms with Gasteiger partial charge in [-0.15, -0.1) is 0 Å². The second-order valence-corrected chi connectivity index (χ2v) is 8.10. The molecule has 0 saturated carbocycles. The van der Waals surface area contributed by atoms with Crippen molar-refractivity contribution in [3.63, 3.8) is 0 Å². The Balaban J connectivity index is 1.78. The number of rotatable bonds is 5. The number of fused-ring (bicyclic) bond motifs is 1. The molecule has 1 saturated heterocycles. The zero-order valence-electron chi connectivity index (χ0n) is 16.7. The molecule has 0 spiro atoms. The van der Waals surface area contributed by atoms with E-state index in [0.717, 1.165) is 5.56 Å². The van der Waals surface area contributed by atoms with Crippen molar-refractivity contribution in [2.24, 2.45) is 4.99 Å². The van der Waals surface area contributed by atoms with Crippen LogP contribution in [0.2, 0.25) is 0 Å². The lowest BCUT2D eigenvalue weighted by Gasteiger charge is -2.38. The van der Waals surface area contributed by atoms with Gasteiger partial charge < -0.3 is 4.74 Å². The summed E-state index contributed by atoms with van der Waals surface area (Å²) in [6.45, 7) is 1.70. The summed E-state index contributed by atoms with van der Waals surface area (Å²) < 4.78 is 5.52. The smallest absolute Gasteiger partial charge is 0.338 e. The number of amidine groups is 1. The van der Waals surface area contributed by atoms with Crippen LogP contribution in [0.25, 0.3) is 0 Å². The Bertz CT molecular complexity index is 1110. The Morgan fingerprint density at radius 3 is 2.68 bits per heavy atom. The number of nitro groups is 1. The Morgan fingerprint density at radius 1 is 1.23 bits per heavy atom. The number of allylic oxidation sites excluding steroid dienone is 1. The number of carbonyl (C=O) groups excluding carboxylic acids is 2. The monoisotopic (exact) mass is 437 g/mol. The first-order valence-corrected chi connectivity index (χ1v) is 10.6. The number of nitrogens with zero attached hydrogens (tertiary/aromatic N) is 3. The number of hydrogen-bond donors (Lipinski definition) is 0. The van der Waals surface area contributed by atoms with Crippen molar-refractivity contribution in [2.45, 2.75) is 26.0 Å². The lowest BCUT2D eigenvalue weighted by Crippen LogP contribution is -2.46. The fourth-order valence-electron chi connectivity index (χ4n) is 3.64. The van der Waals surface area contributed by atoms with Crippen molar-refractivity contribution in [1.82, 2.24) is 4.90 Å². The van der Waals surface area contributed by atoms with E-state index < -0.39 is 16.9 Å². The second kappa shape index (κ2) is 8.73. The number of carbonyl (C=O) groups is 2. The molecule has 2 aromatic rings. The van der Waals surface area contributed by atoms with Crippen molar-refractivity contribution in [3.8, 4) is 0 Å². The Labute approximate surface area is 182 Å². The van der Waals surface area contributed by atoms with Crippen molar-refractivity contribution in [2.75, 3.05) is 5.75 Å². The standard InChI is InChI=1S/C22H19N3O5S/c1-14-19(21(27)30-13-15-7-3-2-4-8-15)20(16-9-5-6-10-17(16)25(28)29)24-18(26)11-12-31-22(24)23-14/h2-10,20H,11-13H2,1H3/t20-/m0/s1. The van der Waals surface area contributed by atoms with Crippen LogP contribution in [0.1, 0.15) is 30.5 Å². The third-order valence-electron chi connectivity index (χ3n) is 5.07. The average Bonchev–Trinajstić information content (AvgIpc) is 2.77. The van der Waals surface area contributed by atoms with Gasteiger partial charge in [-0.05, 0) is 18.6 Å². The minimum Gasteiger partial charge on any atom is -0.457 e. The summed E-state index contributed by atoms with van der Waals surface area (Å²) in [7, 11) is 0. The van der Waals surface area contributed by atoms with Crippen molar-refractivity contribution < 1.29 is 19.2 Å². The largest absolute Gasteiger partial charge is 0.457 e. The number of amides is 1. The number of esters is 1. The number of hydrogen-bond acceptors (Lipinski definition) is 7. The highest BCUT2D eigenvalue weighted by atomic mass is 32.2. The molecule has 0 bridgehead atoms. The molecular formula is C22H19N3O5S. The van der Waals surface area contributed by atoms with E-state index in [1.807, 2.05) is 30.3 Å². The summed E-state index contributed by atoms with van der Waals surface area (Å²) in [5, 5.41) is 12.2. The summed E-state index contributed by atoms with van der Waals surface area (Å²) in [5.41, 5.74) is 1.40. The number of para-hydroxylation sites is 1. The maximum Gasteiger partial charge on any atom is 0.338 e. The molecule has 0 radical (unpaired) electrons. The molecule has 1 amide bonds. The van der Waals surface area contributed by atoms with Gasteiger partial charge in [0, 0.05) is 18.2 Å². The normalized spacial score (nSPS) is 18.4. The topological polar surface area (TPSA) is 102 Å². The summed E-state index contributed by atoms with van der Waals surface area (Å²) in [6, 6.07) is 14.4. The first-order valence-electron chi connectivity index (χ1n) is 9.66. The first kappa shape index (κ1) is 20.8. The minimum atomic E-state index is -0.974. The molecule has 9 heteroatoms. The lowest BCUT2D eigenvalue weighted by atomic mass is 9.93. The Hall–Kier alpha value is -3.46. The van der Waals surface area contributed by atoms with Gasteiger partial charge in [-0.2, -0.15) is 0 Å². The van der Waals surface area contributed by atoms with E-state index in [1.54, 1.807) is 25.1 Å². The van der Waals surface area contributed by atoms with Crippen LogP contribution in [0.3, 0.4) is 0 Å². The third-order valence-corrected chi connectivity index (χ3v) is 6.02. The van der Waals surface area contributed by atoms with Gasteiger partial charge in [0.25, 0.3) is 5.69 Å². The SMILES string of the molecule is CC1=C(C(=O)OCc2ccccc2)[C@H](c2ccccc2[N+](=O)[O-])N2C(=O)CCSC2=N1. The highest BCUT2D eigenvalue weighted by Gasteiger charge is 2.44. The number of nitro benzene ring substituents is 1. The minimum absolute atomic E-state index is 0.0410. The molecule has 158 valence electrons. The molecule has 2 aliphatic rings. The number of thioether (sulfide) groups is 1. The van der Waals surface area contributed by atoms with Gasteiger partial charge >= 0.3 is 5.97 Å². The molecule has 4 rings (SSSR count). The number of aliphatic imine (C=N–C) groups is 1. The van der Waals surface area contributed by atoms with Gasteiger partial charge in [0.1, 0.15) is 12.6 Å². The van der Waals surface area contributed by atoms with Crippen LogP contribution >= 0.6 is 11.8 Å². The van der Waals surface area contributed by atoms with Gasteiger partial charge in [0.2, 0.25) is 5.91 Å². The summed E-state index contributed by atoms with van der Waals surface area (Å²) in [6.07, 6.45) is 0.256. The fourth-order valence-corrected chi connectivity index (χ4v) is 4.64. The molecule has 1 atom stereocenters. The molecule has 1 fully saturated rings. The Kier molecular flexibility index (Phi) is 5.85. The van der Waals surface area contributed by atoms with E-state index in [1.165, 1.54) is 22.7 Å². The molecule has 8 nitrogen and oxygen atoms in total. The van der Waals surface area contributed by atoms with Crippen LogP contribution in [-0.2, 0) is 20.9 Å². The summed E-state index contributed by atoms with van der Waals surface area (Å²) >= 11 is 1.39. The quantitative estimate of drug-likeness (QED) is 0.398. The highest BCUT2D eigenvalue weighted by molar-refractivity contribution is 8.14. The molecule has 0 aromatic heterocycles. The molecule has 2 aromatic carbocycles. The van der Waals surface area contributed by atoms with E-state index in [4.69, 9.17) is 4.74 Å². The molecule has 2 heterocycles. The maximum atomic E-state index is 13.2. The molecule has 0 aliphatic carbocycles. The van der Waals surface area contributed by atoms with Crippen LogP contribution < -0.4 is 0 Å². The lowest BCUT2D eigenvalue weighted by molar-refractivity contribution is -0.385. The highest BCUT2D eigenvalue weighted by Crippen LogP contribution is 2.43. The van der Waals surface area contributed by atoms with Crippen molar-refractivity contribution in [1.29, 1.82) is 0 Å². The number of ether oxygens (including phenoxy) is 1. The van der Waals surface area contributed by atoms with Gasteiger partial charge in [-0.25, -0.2) is 9.79 Å². The van der Waals surface area contributed by atoms with Crippen LogP contribution in [-0.4, -0.2) is 32.6 Å². The van der Waals surface area contributed by atoms with Crippen LogP contribution in [0.4, 0.5) is 5.69 Å². The molecular weight excluding hydrogens is 418 g/mol. The van der Waals surface area contributed by atoms with Gasteiger partial charge in [-0.3, -0.25) is 19.8 Å². The van der Waals surface area contributed by atoms with Gasteiger partial charge in [-0.1, -0.05) is 54.2 Å². The average molecular weight is 437 g/mol. The predicted octanol–water partition coefficient (Wildman–Crippen LogP) is 3.99. The zero-order chi connectivity index (χ0) is 22.0. The number of benzene rings is 2. The fraction of sp³-hybridized carbons (Fsp3) is 0.227. The first-order chi connectivity index (χ1) is 15.0. The van der Waals surface area contributed by atoms with Crippen LogP contribution in [0.15, 0.2) is 70.9 Å². The summed E-state index contributed by atoms with van der Waals surface area (Å²) in [4.78, 5) is 43.0. The summed E-state index contributed by atoms with van der Waals surface area (Å²) in [5.74, 6) is -0.323. The second-order valence-electron chi connectivity index (χ2n) is 7.04. The van der Waals surface area contributed by atoms with E-state index in [0.29, 0.717) is 16.6 Å². The van der Waals surface area contributed by atoms with Crippen LogP contribution in [0, 0.1) is 10.1 Å². The van der Waals surface area contributed by atoms with Crippen molar-refractivity contribution >= 4 is 34.5 Å². The Morgan fingerprint density at radius 2 is 1.94 bits per heavy atom. The molecule has 2 aliphatic heterocycles. The zero-order valence-corrected chi connectivity index (χ0v) is 17.5. The van der Waals surface area contributed by atoms with E-state index in [2.05, 4.69) is 4.99 Å². The van der Waals surface area contributed by atoms with E-state index in [9.17, 15) is 19.7 Å². The third kappa shape index (κ3) is 4.09. The predicted molar refractivity (Wildman–Crippen MR) is 116 cm³/mol. The molecule has 0 N–H and O–H groups in total. The van der Waals surface area contributed by atoms with E-state index >= 15 is 0 Å².